The Morgan fingerprint density at radius 3 is 2.42 bits per heavy atom. The standard InChI is InChI=1S/C21H24N2O3/c1-2-22(15-16-7-4-3-5-8-16)18-12-10-17(11-13-18)20(24)23-14-6-9-19(23)21(25)26/h3-5,7-8,10-13,19H,2,6,9,14-15H2,1H3,(H,25,26)/t19-/m1/s1. The highest BCUT2D eigenvalue weighted by Gasteiger charge is 2.34. The zero-order chi connectivity index (χ0) is 18.5. The molecule has 1 saturated heterocycles. The van der Waals surface area contributed by atoms with Gasteiger partial charge in [-0.3, -0.25) is 4.79 Å². The lowest BCUT2D eigenvalue weighted by Crippen LogP contribution is -2.40. The number of hydrogen-bond donors (Lipinski definition) is 1. The first kappa shape index (κ1) is 18.0. The molecule has 0 saturated carbocycles. The van der Waals surface area contributed by atoms with Gasteiger partial charge in [-0.25, -0.2) is 4.79 Å². The summed E-state index contributed by atoms with van der Waals surface area (Å²) in [7, 11) is 0. The number of carbonyl (C=O) groups excluding carboxylic acids is 1. The van der Waals surface area contributed by atoms with E-state index >= 15 is 0 Å². The van der Waals surface area contributed by atoms with Crippen LogP contribution >= 0.6 is 0 Å². The summed E-state index contributed by atoms with van der Waals surface area (Å²) in [5, 5.41) is 9.27. The van der Waals surface area contributed by atoms with E-state index in [1.165, 1.54) is 10.5 Å². The summed E-state index contributed by atoms with van der Waals surface area (Å²) in [5.74, 6) is -1.12. The molecular weight excluding hydrogens is 328 g/mol. The number of carbonyl (C=O) groups is 2. The van der Waals surface area contributed by atoms with Crippen LogP contribution in [0.15, 0.2) is 54.6 Å². The topological polar surface area (TPSA) is 60.9 Å². The van der Waals surface area contributed by atoms with E-state index in [0.29, 0.717) is 18.5 Å². The SMILES string of the molecule is CCN(Cc1ccccc1)c1ccc(C(=O)N2CCC[C@@H]2C(=O)O)cc1. The van der Waals surface area contributed by atoms with Crippen LogP contribution in [-0.2, 0) is 11.3 Å². The van der Waals surface area contributed by atoms with Crippen molar-refractivity contribution in [1.29, 1.82) is 0 Å². The molecule has 5 nitrogen and oxygen atoms in total. The van der Waals surface area contributed by atoms with Crippen molar-refractivity contribution in [2.45, 2.75) is 32.4 Å². The second-order valence-corrected chi connectivity index (χ2v) is 6.54. The molecule has 0 radical (unpaired) electrons. The number of likely N-dealkylation sites (tertiary alicyclic amines) is 1. The van der Waals surface area contributed by atoms with Gasteiger partial charge in [-0.1, -0.05) is 30.3 Å². The van der Waals surface area contributed by atoms with Gasteiger partial charge in [0, 0.05) is 30.9 Å². The van der Waals surface area contributed by atoms with Gasteiger partial charge in [0.25, 0.3) is 5.91 Å². The molecule has 136 valence electrons. The summed E-state index contributed by atoms with van der Waals surface area (Å²) in [5.41, 5.74) is 2.82. The highest BCUT2D eigenvalue weighted by molar-refractivity contribution is 5.97. The fourth-order valence-corrected chi connectivity index (χ4v) is 3.44. The summed E-state index contributed by atoms with van der Waals surface area (Å²) in [6.45, 7) is 4.27. The molecule has 0 unspecified atom stereocenters. The molecule has 0 bridgehead atoms. The van der Waals surface area contributed by atoms with Crippen molar-refractivity contribution in [3.63, 3.8) is 0 Å². The zero-order valence-electron chi connectivity index (χ0n) is 15.0. The molecule has 0 aromatic heterocycles. The van der Waals surface area contributed by atoms with Crippen LogP contribution in [0.25, 0.3) is 0 Å². The van der Waals surface area contributed by atoms with Crippen molar-refractivity contribution in [3.8, 4) is 0 Å². The average Bonchev–Trinajstić information content (AvgIpc) is 3.17. The fourth-order valence-electron chi connectivity index (χ4n) is 3.44. The summed E-state index contributed by atoms with van der Waals surface area (Å²) >= 11 is 0. The van der Waals surface area contributed by atoms with E-state index in [4.69, 9.17) is 0 Å². The normalized spacial score (nSPS) is 16.5. The minimum absolute atomic E-state index is 0.201. The van der Waals surface area contributed by atoms with E-state index in [-0.39, 0.29) is 5.91 Å². The molecule has 26 heavy (non-hydrogen) atoms. The van der Waals surface area contributed by atoms with Crippen molar-refractivity contribution in [2.75, 3.05) is 18.0 Å². The van der Waals surface area contributed by atoms with Crippen LogP contribution in [0.4, 0.5) is 5.69 Å². The third-order valence-electron chi connectivity index (χ3n) is 4.88. The number of hydrogen-bond acceptors (Lipinski definition) is 3. The molecule has 1 atom stereocenters. The van der Waals surface area contributed by atoms with E-state index in [1.807, 2.05) is 30.3 Å². The van der Waals surface area contributed by atoms with Crippen molar-refractivity contribution < 1.29 is 14.7 Å². The summed E-state index contributed by atoms with van der Waals surface area (Å²) < 4.78 is 0. The summed E-state index contributed by atoms with van der Waals surface area (Å²) in [6.07, 6.45) is 1.27. The molecule has 1 heterocycles. The van der Waals surface area contributed by atoms with Crippen LogP contribution in [0.2, 0.25) is 0 Å². The van der Waals surface area contributed by atoms with E-state index in [9.17, 15) is 14.7 Å². The van der Waals surface area contributed by atoms with Gasteiger partial charge in [0.15, 0.2) is 0 Å². The number of carboxylic acids is 1. The minimum atomic E-state index is -0.924. The Morgan fingerprint density at radius 2 is 1.81 bits per heavy atom. The molecule has 1 aliphatic rings. The number of anilines is 1. The quantitative estimate of drug-likeness (QED) is 0.865. The predicted octanol–water partition coefficient (Wildman–Crippen LogP) is 3.40. The Hall–Kier alpha value is -2.82. The van der Waals surface area contributed by atoms with E-state index in [1.54, 1.807) is 12.1 Å². The third-order valence-corrected chi connectivity index (χ3v) is 4.88. The number of rotatable bonds is 6. The highest BCUT2D eigenvalue weighted by atomic mass is 16.4. The van der Waals surface area contributed by atoms with Gasteiger partial charge in [-0.05, 0) is 49.6 Å². The molecule has 1 fully saturated rings. The first-order valence-corrected chi connectivity index (χ1v) is 9.03. The molecule has 5 heteroatoms. The number of benzene rings is 2. The van der Waals surface area contributed by atoms with Crippen molar-refractivity contribution >= 4 is 17.6 Å². The number of amides is 1. The van der Waals surface area contributed by atoms with Crippen LogP contribution in [0.1, 0.15) is 35.7 Å². The number of aliphatic carboxylic acids is 1. The first-order valence-electron chi connectivity index (χ1n) is 9.03. The lowest BCUT2D eigenvalue weighted by molar-refractivity contribution is -0.141. The fraction of sp³-hybridized carbons (Fsp3) is 0.333. The molecule has 1 amide bonds. The largest absolute Gasteiger partial charge is 0.480 e. The zero-order valence-corrected chi connectivity index (χ0v) is 15.0. The molecule has 1 N–H and O–H groups in total. The smallest absolute Gasteiger partial charge is 0.326 e. The van der Waals surface area contributed by atoms with Crippen LogP contribution in [0, 0.1) is 0 Å². The van der Waals surface area contributed by atoms with Gasteiger partial charge in [0.05, 0.1) is 0 Å². The van der Waals surface area contributed by atoms with Gasteiger partial charge in [0.2, 0.25) is 0 Å². The van der Waals surface area contributed by atoms with Gasteiger partial charge < -0.3 is 14.9 Å². The molecule has 2 aromatic rings. The van der Waals surface area contributed by atoms with Gasteiger partial charge in [-0.15, -0.1) is 0 Å². The lowest BCUT2D eigenvalue weighted by Gasteiger charge is -2.24. The van der Waals surface area contributed by atoms with Gasteiger partial charge in [0.1, 0.15) is 6.04 Å². The maximum absolute atomic E-state index is 12.7. The van der Waals surface area contributed by atoms with E-state index in [2.05, 4.69) is 24.0 Å². The van der Waals surface area contributed by atoms with Gasteiger partial charge in [-0.2, -0.15) is 0 Å². The molecule has 3 rings (SSSR count). The van der Waals surface area contributed by atoms with Crippen molar-refractivity contribution in [1.82, 2.24) is 4.90 Å². The van der Waals surface area contributed by atoms with Crippen LogP contribution in [0.5, 0.6) is 0 Å². The van der Waals surface area contributed by atoms with Crippen LogP contribution < -0.4 is 4.90 Å². The minimum Gasteiger partial charge on any atom is -0.480 e. The summed E-state index contributed by atoms with van der Waals surface area (Å²) in [6, 6.07) is 17.0. The Kier molecular flexibility index (Phi) is 5.56. The Bertz CT molecular complexity index is 759. The van der Waals surface area contributed by atoms with Crippen molar-refractivity contribution in [2.24, 2.45) is 0 Å². The number of nitrogens with zero attached hydrogens (tertiary/aromatic N) is 2. The maximum Gasteiger partial charge on any atom is 0.326 e. The third kappa shape index (κ3) is 3.87. The second kappa shape index (κ2) is 8.04. The summed E-state index contributed by atoms with van der Waals surface area (Å²) in [4.78, 5) is 27.7. The highest BCUT2D eigenvalue weighted by Crippen LogP contribution is 2.23. The molecule has 0 aliphatic carbocycles. The van der Waals surface area contributed by atoms with Gasteiger partial charge >= 0.3 is 5.97 Å². The molecule has 1 aliphatic heterocycles. The molecular formula is C21H24N2O3. The van der Waals surface area contributed by atoms with Crippen LogP contribution in [-0.4, -0.2) is 41.0 Å². The van der Waals surface area contributed by atoms with E-state index in [0.717, 1.165) is 25.2 Å². The average molecular weight is 352 g/mol. The maximum atomic E-state index is 12.7. The first-order chi connectivity index (χ1) is 12.6. The molecule has 2 aromatic carbocycles. The Morgan fingerprint density at radius 1 is 1.12 bits per heavy atom. The Labute approximate surface area is 153 Å². The van der Waals surface area contributed by atoms with Crippen LogP contribution in [0.3, 0.4) is 0 Å². The predicted molar refractivity (Wildman–Crippen MR) is 101 cm³/mol. The molecule has 0 spiro atoms. The number of carboxylic acid groups (broad SMARTS) is 1. The van der Waals surface area contributed by atoms with Crippen molar-refractivity contribution in [3.05, 3.63) is 65.7 Å². The Balaban J connectivity index is 1.73. The van der Waals surface area contributed by atoms with E-state index < -0.39 is 12.0 Å². The lowest BCUT2D eigenvalue weighted by atomic mass is 10.1. The second-order valence-electron chi connectivity index (χ2n) is 6.54. The monoisotopic (exact) mass is 352 g/mol.